The highest BCUT2D eigenvalue weighted by molar-refractivity contribution is 5.50. The van der Waals surface area contributed by atoms with Crippen LogP contribution in [0.4, 0.5) is 5.69 Å². The van der Waals surface area contributed by atoms with Crippen molar-refractivity contribution in [3.05, 3.63) is 65.7 Å². The number of anilines is 1. The zero-order chi connectivity index (χ0) is 26.6. The molecular weight excluding hydrogens is 484 g/mol. The second kappa shape index (κ2) is 10.5. The van der Waals surface area contributed by atoms with E-state index < -0.39 is 0 Å². The maximum atomic E-state index is 2.81. The van der Waals surface area contributed by atoms with Crippen molar-refractivity contribution >= 4 is 5.69 Å². The highest BCUT2D eigenvalue weighted by Crippen LogP contribution is 2.72. The molecule has 0 spiro atoms. The molecule has 0 amide bonds. The third-order valence-corrected chi connectivity index (χ3v) is 13.1. The Labute approximate surface area is 243 Å². The van der Waals surface area contributed by atoms with Crippen LogP contribution in [0.25, 0.3) is 0 Å². The molecule has 3 unspecified atom stereocenters. The summed E-state index contributed by atoms with van der Waals surface area (Å²) in [5.74, 6) is 3.53. The Morgan fingerprint density at radius 2 is 1.25 bits per heavy atom. The second-order valence-corrected chi connectivity index (χ2v) is 15.4. The fourth-order valence-corrected chi connectivity index (χ4v) is 12.0. The van der Waals surface area contributed by atoms with Gasteiger partial charge in [0.1, 0.15) is 0 Å². The van der Waals surface area contributed by atoms with Gasteiger partial charge >= 0.3 is 0 Å². The van der Waals surface area contributed by atoms with Gasteiger partial charge in [-0.3, -0.25) is 4.90 Å². The zero-order valence-electron chi connectivity index (χ0n) is 24.9. The molecule has 0 radical (unpaired) electrons. The van der Waals surface area contributed by atoms with E-state index in [0.29, 0.717) is 16.7 Å². The Balaban J connectivity index is 1.06. The van der Waals surface area contributed by atoms with Gasteiger partial charge in [-0.05, 0) is 116 Å². The van der Waals surface area contributed by atoms with Crippen LogP contribution >= 0.6 is 0 Å². The van der Waals surface area contributed by atoms with Gasteiger partial charge in [0.15, 0.2) is 0 Å². The quantitative estimate of drug-likeness (QED) is 0.363. The lowest BCUT2D eigenvalue weighted by Gasteiger charge is -2.66. The molecule has 214 valence electrons. The van der Waals surface area contributed by atoms with Gasteiger partial charge in [-0.2, -0.15) is 0 Å². The molecule has 0 aromatic heterocycles. The molecule has 2 aromatic rings. The van der Waals surface area contributed by atoms with Crippen molar-refractivity contribution in [2.45, 2.75) is 108 Å². The summed E-state index contributed by atoms with van der Waals surface area (Å²) in [7, 11) is 0. The number of hydrogen-bond donors (Lipinski definition) is 0. The first-order valence-electron chi connectivity index (χ1n) is 17.3. The molecule has 9 rings (SSSR count). The molecule has 0 N–H and O–H groups in total. The Morgan fingerprint density at radius 3 is 1.93 bits per heavy atom. The van der Waals surface area contributed by atoms with Crippen LogP contribution in [0.3, 0.4) is 0 Å². The lowest BCUT2D eigenvalue weighted by Crippen LogP contribution is -2.56. The number of rotatable bonds is 6. The Hall–Kier alpha value is -1.80. The first-order valence-corrected chi connectivity index (χ1v) is 17.3. The number of piperazine rings is 1. The maximum Gasteiger partial charge on any atom is 0.0367 e. The van der Waals surface area contributed by atoms with Crippen molar-refractivity contribution in [2.24, 2.45) is 28.6 Å². The van der Waals surface area contributed by atoms with E-state index in [1.165, 1.54) is 115 Å². The van der Waals surface area contributed by atoms with Crippen LogP contribution in [0, 0.1) is 28.6 Å². The molecule has 4 bridgehead atoms. The maximum absolute atomic E-state index is 2.81. The number of hydrogen-bond acceptors (Lipinski definition) is 2. The van der Waals surface area contributed by atoms with Crippen LogP contribution in [0.1, 0.15) is 113 Å². The largest absolute Gasteiger partial charge is 0.369 e. The van der Waals surface area contributed by atoms with Crippen LogP contribution in [0.2, 0.25) is 0 Å². The molecule has 6 saturated carbocycles. The van der Waals surface area contributed by atoms with E-state index in [9.17, 15) is 0 Å². The summed E-state index contributed by atoms with van der Waals surface area (Å²) in [5.41, 5.74) is 5.75. The Bertz CT molecular complexity index is 1120. The normalized spacial score (nSPS) is 35.9. The highest BCUT2D eigenvalue weighted by Gasteiger charge is 2.62. The van der Waals surface area contributed by atoms with Gasteiger partial charge in [-0.1, -0.05) is 74.6 Å². The van der Waals surface area contributed by atoms with E-state index in [1.807, 2.05) is 0 Å². The smallest absolute Gasteiger partial charge is 0.0367 e. The van der Waals surface area contributed by atoms with E-state index in [1.54, 1.807) is 24.0 Å². The van der Waals surface area contributed by atoms with Crippen molar-refractivity contribution in [3.63, 3.8) is 0 Å². The molecule has 1 saturated heterocycles. The van der Waals surface area contributed by atoms with E-state index in [-0.39, 0.29) is 0 Å². The molecule has 3 atom stereocenters. The highest BCUT2D eigenvalue weighted by atomic mass is 15.3. The SMILES string of the molecule is c1ccc(C(c2ccc(N3CCN(C4CCCCC4)CC3)cc2)C23CC4CC(CC(C5CCCC5)(C4)C2)C3)cc1. The fraction of sp³-hybridized carbons (Fsp3) is 0.684. The molecule has 6 aliphatic carbocycles. The molecular formula is C38H52N2. The summed E-state index contributed by atoms with van der Waals surface area (Å²) in [6.07, 6.45) is 22.3. The minimum atomic E-state index is 0.459. The van der Waals surface area contributed by atoms with Crippen molar-refractivity contribution in [3.8, 4) is 0 Å². The van der Waals surface area contributed by atoms with E-state index >= 15 is 0 Å². The summed E-state index contributed by atoms with van der Waals surface area (Å²) in [4.78, 5) is 5.48. The fourth-order valence-electron chi connectivity index (χ4n) is 12.0. The molecule has 7 fully saturated rings. The van der Waals surface area contributed by atoms with Gasteiger partial charge in [-0.15, -0.1) is 0 Å². The van der Waals surface area contributed by atoms with Gasteiger partial charge in [-0.25, -0.2) is 0 Å². The third-order valence-electron chi connectivity index (χ3n) is 13.1. The van der Waals surface area contributed by atoms with Crippen LogP contribution in [0.5, 0.6) is 0 Å². The van der Waals surface area contributed by atoms with Crippen LogP contribution < -0.4 is 4.90 Å². The molecule has 2 heteroatoms. The second-order valence-electron chi connectivity index (χ2n) is 15.4. The molecule has 7 aliphatic rings. The van der Waals surface area contributed by atoms with Gasteiger partial charge < -0.3 is 4.90 Å². The monoisotopic (exact) mass is 536 g/mol. The minimum absolute atomic E-state index is 0.459. The predicted octanol–water partition coefficient (Wildman–Crippen LogP) is 9.05. The first-order chi connectivity index (χ1) is 19.7. The summed E-state index contributed by atoms with van der Waals surface area (Å²) < 4.78 is 0. The molecule has 40 heavy (non-hydrogen) atoms. The van der Waals surface area contributed by atoms with Gasteiger partial charge in [0.05, 0.1) is 0 Å². The summed E-state index contributed by atoms with van der Waals surface area (Å²) in [6, 6.07) is 22.7. The minimum Gasteiger partial charge on any atom is -0.369 e. The molecule has 1 aliphatic heterocycles. The zero-order valence-corrected chi connectivity index (χ0v) is 24.9. The predicted molar refractivity (Wildman–Crippen MR) is 167 cm³/mol. The van der Waals surface area contributed by atoms with Crippen LogP contribution in [-0.4, -0.2) is 37.1 Å². The average molecular weight is 537 g/mol. The van der Waals surface area contributed by atoms with Crippen LogP contribution in [0.15, 0.2) is 54.6 Å². The molecule has 1 heterocycles. The van der Waals surface area contributed by atoms with Crippen molar-refractivity contribution in [1.29, 1.82) is 0 Å². The standard InChI is InChI=1S/C38H52N2/c1-3-9-31(10-4-1)36(38-26-29-23-30(27-38)25-37(24-29,28-38)33-11-7-8-12-33)32-15-17-35(18-16-32)40-21-19-39(20-22-40)34-13-5-2-6-14-34/h1,3-4,9-10,15-18,29-30,33-34,36H,2,5-8,11-14,19-28H2. The average Bonchev–Trinajstić information content (AvgIpc) is 3.55. The van der Waals surface area contributed by atoms with E-state index in [2.05, 4.69) is 64.4 Å². The summed E-state index contributed by atoms with van der Waals surface area (Å²) in [5, 5.41) is 0. The summed E-state index contributed by atoms with van der Waals surface area (Å²) in [6.45, 7) is 4.87. The first kappa shape index (κ1) is 25.9. The number of nitrogens with zero attached hydrogens (tertiary/aromatic N) is 2. The topological polar surface area (TPSA) is 6.48 Å². The lowest BCUT2D eigenvalue weighted by atomic mass is 9.38. The van der Waals surface area contributed by atoms with Crippen molar-refractivity contribution in [2.75, 3.05) is 31.1 Å². The Morgan fingerprint density at radius 1 is 0.625 bits per heavy atom. The van der Waals surface area contributed by atoms with Gasteiger partial charge in [0, 0.05) is 43.8 Å². The van der Waals surface area contributed by atoms with Gasteiger partial charge in [0.25, 0.3) is 0 Å². The summed E-state index contributed by atoms with van der Waals surface area (Å²) >= 11 is 0. The molecule has 2 aromatic carbocycles. The van der Waals surface area contributed by atoms with Crippen molar-refractivity contribution < 1.29 is 0 Å². The van der Waals surface area contributed by atoms with Gasteiger partial charge in [0.2, 0.25) is 0 Å². The van der Waals surface area contributed by atoms with E-state index in [0.717, 1.165) is 23.8 Å². The third kappa shape index (κ3) is 4.56. The van der Waals surface area contributed by atoms with Crippen molar-refractivity contribution in [1.82, 2.24) is 4.90 Å². The van der Waals surface area contributed by atoms with Crippen LogP contribution in [-0.2, 0) is 0 Å². The lowest BCUT2D eigenvalue weighted by molar-refractivity contribution is -0.141. The molecule has 2 nitrogen and oxygen atoms in total. The Kier molecular flexibility index (Phi) is 6.78. The number of benzene rings is 2. The van der Waals surface area contributed by atoms with E-state index in [4.69, 9.17) is 0 Å².